The van der Waals surface area contributed by atoms with Crippen LogP contribution >= 0.6 is 0 Å². The average molecular weight is 378 g/mol. The molecule has 2 atom stereocenters. The van der Waals surface area contributed by atoms with Gasteiger partial charge in [-0.05, 0) is 11.1 Å². The molecule has 0 bridgehead atoms. The van der Waals surface area contributed by atoms with Crippen molar-refractivity contribution in [3.8, 4) is 0 Å². The maximum Gasteiger partial charge on any atom is 0.157 e. The SMILES string of the molecule is O=S(O)Cc1ccccc1.O=S(O)Cc1ccccc1.[Zn]. The van der Waals surface area contributed by atoms with E-state index in [1.54, 1.807) is 0 Å². The van der Waals surface area contributed by atoms with Crippen molar-refractivity contribution in [2.24, 2.45) is 0 Å². The number of rotatable bonds is 4. The molecule has 2 aromatic carbocycles. The first-order valence-corrected chi connectivity index (χ1v) is 8.36. The average Bonchev–Trinajstić information content (AvgIpc) is 2.40. The third-order valence-corrected chi connectivity index (χ3v) is 3.43. The van der Waals surface area contributed by atoms with Crippen molar-refractivity contribution < 1.29 is 37.0 Å². The molecule has 0 aliphatic heterocycles. The van der Waals surface area contributed by atoms with Crippen LogP contribution in [0, 0.1) is 0 Å². The molecule has 0 amide bonds. The Hall–Kier alpha value is -0.717. The second-order valence-corrected chi connectivity index (χ2v) is 5.77. The smallest absolute Gasteiger partial charge is 0.157 e. The monoisotopic (exact) mass is 376 g/mol. The summed E-state index contributed by atoms with van der Waals surface area (Å²) in [6.07, 6.45) is 0. The zero-order valence-corrected chi connectivity index (χ0v) is 16.0. The maximum atomic E-state index is 10.3. The minimum absolute atomic E-state index is 0. The van der Waals surface area contributed by atoms with Crippen molar-refractivity contribution in [3.05, 3.63) is 71.8 Å². The van der Waals surface area contributed by atoms with E-state index in [0.717, 1.165) is 11.1 Å². The van der Waals surface area contributed by atoms with Gasteiger partial charge in [-0.15, -0.1) is 0 Å². The fraction of sp³-hybridized carbons (Fsp3) is 0.143. The molecule has 0 aliphatic carbocycles. The van der Waals surface area contributed by atoms with Crippen LogP contribution in [-0.4, -0.2) is 17.5 Å². The maximum absolute atomic E-state index is 10.3. The molecule has 0 aromatic heterocycles. The standard InChI is InChI=1S/2C7H8O2S.Zn/c2*8-10(9)6-7-4-2-1-3-5-7;/h2*1-5H,6H2,(H,8,9);. The quantitative estimate of drug-likeness (QED) is 0.634. The third kappa shape index (κ3) is 10.6. The molecule has 2 aromatic rings. The molecule has 2 rings (SSSR count). The molecule has 110 valence electrons. The fourth-order valence-corrected chi connectivity index (χ4v) is 2.39. The predicted octanol–water partition coefficient (Wildman–Crippen LogP) is 2.81. The van der Waals surface area contributed by atoms with Crippen LogP contribution < -0.4 is 0 Å². The molecule has 0 heterocycles. The molecule has 7 heteroatoms. The number of hydrogen-bond donors (Lipinski definition) is 2. The van der Waals surface area contributed by atoms with E-state index in [0.29, 0.717) is 0 Å². The molecule has 0 spiro atoms. The minimum Gasteiger partial charge on any atom is -0.306 e. The van der Waals surface area contributed by atoms with Crippen molar-refractivity contribution in [3.63, 3.8) is 0 Å². The summed E-state index contributed by atoms with van der Waals surface area (Å²) in [6, 6.07) is 18.5. The Bertz CT molecular complexity index is 498. The van der Waals surface area contributed by atoms with Crippen molar-refractivity contribution >= 4 is 22.2 Å². The molecule has 0 saturated heterocycles. The van der Waals surface area contributed by atoms with Gasteiger partial charge in [-0.2, -0.15) is 0 Å². The van der Waals surface area contributed by atoms with Gasteiger partial charge in [0.25, 0.3) is 0 Å². The van der Waals surface area contributed by atoms with Crippen molar-refractivity contribution in [1.82, 2.24) is 0 Å². The van der Waals surface area contributed by atoms with Crippen LogP contribution in [0.5, 0.6) is 0 Å². The Kier molecular flexibility index (Phi) is 11.5. The van der Waals surface area contributed by atoms with Crippen LogP contribution in [0.15, 0.2) is 60.7 Å². The van der Waals surface area contributed by atoms with Crippen LogP contribution in [0.3, 0.4) is 0 Å². The molecule has 4 nitrogen and oxygen atoms in total. The fourth-order valence-electron chi connectivity index (χ4n) is 1.43. The van der Waals surface area contributed by atoms with Gasteiger partial charge in [-0.25, -0.2) is 8.42 Å². The molecule has 0 radical (unpaired) electrons. The Balaban J connectivity index is 0.000000364. The predicted molar refractivity (Wildman–Crippen MR) is 81.8 cm³/mol. The van der Waals surface area contributed by atoms with Crippen molar-refractivity contribution in [1.29, 1.82) is 0 Å². The van der Waals surface area contributed by atoms with Crippen LogP contribution in [0.25, 0.3) is 0 Å². The summed E-state index contributed by atoms with van der Waals surface area (Å²) in [5, 5.41) is 0. The second-order valence-electron chi connectivity index (χ2n) is 3.90. The van der Waals surface area contributed by atoms with Gasteiger partial charge in [0.05, 0.1) is 11.5 Å². The van der Waals surface area contributed by atoms with Crippen LogP contribution in [0.1, 0.15) is 11.1 Å². The van der Waals surface area contributed by atoms with Crippen LogP contribution in [-0.2, 0) is 53.1 Å². The van der Waals surface area contributed by atoms with E-state index >= 15 is 0 Å². The summed E-state index contributed by atoms with van der Waals surface area (Å²) in [4.78, 5) is 0. The molecule has 0 fully saturated rings. The molecule has 2 unspecified atom stereocenters. The van der Waals surface area contributed by atoms with E-state index in [2.05, 4.69) is 0 Å². The van der Waals surface area contributed by atoms with E-state index < -0.39 is 22.2 Å². The van der Waals surface area contributed by atoms with E-state index in [1.165, 1.54) is 0 Å². The summed E-state index contributed by atoms with van der Waals surface area (Å²) >= 11 is -3.43. The summed E-state index contributed by atoms with van der Waals surface area (Å²) < 4.78 is 37.5. The summed E-state index contributed by atoms with van der Waals surface area (Å²) in [6.45, 7) is 0. The number of hydrogen-bond acceptors (Lipinski definition) is 2. The zero-order valence-electron chi connectivity index (χ0n) is 11.4. The first-order chi connectivity index (χ1) is 9.58. The normalized spacial score (nSPS) is 12.3. The van der Waals surface area contributed by atoms with Crippen molar-refractivity contribution in [2.75, 3.05) is 0 Å². The summed E-state index contributed by atoms with van der Waals surface area (Å²) in [5.41, 5.74) is 1.78. The minimum atomic E-state index is -1.72. The number of benzene rings is 2. The van der Waals surface area contributed by atoms with Gasteiger partial charge in [0.2, 0.25) is 0 Å². The zero-order chi connectivity index (χ0) is 14.8. The molecule has 0 saturated carbocycles. The largest absolute Gasteiger partial charge is 0.306 e. The topological polar surface area (TPSA) is 74.6 Å². The Morgan fingerprint density at radius 1 is 0.667 bits per heavy atom. The third-order valence-electron chi connectivity index (χ3n) is 2.27. The Morgan fingerprint density at radius 3 is 1.19 bits per heavy atom. The van der Waals surface area contributed by atoms with E-state index in [1.807, 2.05) is 60.7 Å². The van der Waals surface area contributed by atoms with E-state index in [-0.39, 0.29) is 31.0 Å². The first kappa shape index (κ1) is 20.3. The second kappa shape index (κ2) is 11.9. The summed E-state index contributed by atoms with van der Waals surface area (Å²) in [5.74, 6) is 0.446. The molecule has 0 aliphatic rings. The van der Waals surface area contributed by atoms with Gasteiger partial charge in [-0.1, -0.05) is 60.7 Å². The van der Waals surface area contributed by atoms with Gasteiger partial charge in [0, 0.05) is 19.5 Å². The van der Waals surface area contributed by atoms with Gasteiger partial charge < -0.3 is 9.11 Å². The van der Waals surface area contributed by atoms with Crippen LogP contribution in [0.4, 0.5) is 0 Å². The van der Waals surface area contributed by atoms with Gasteiger partial charge in [0.1, 0.15) is 0 Å². The first-order valence-electron chi connectivity index (χ1n) is 5.80. The van der Waals surface area contributed by atoms with E-state index in [9.17, 15) is 8.42 Å². The summed E-state index contributed by atoms with van der Waals surface area (Å²) in [7, 11) is 0. The van der Waals surface area contributed by atoms with Crippen LogP contribution in [0.2, 0.25) is 0 Å². The molecular formula is C14H16O4S2Zn. The molecule has 2 N–H and O–H groups in total. The van der Waals surface area contributed by atoms with E-state index in [4.69, 9.17) is 9.11 Å². The van der Waals surface area contributed by atoms with Gasteiger partial charge in [0.15, 0.2) is 22.2 Å². The molecular weight excluding hydrogens is 362 g/mol. The van der Waals surface area contributed by atoms with Crippen molar-refractivity contribution in [2.45, 2.75) is 11.5 Å². The van der Waals surface area contributed by atoms with Gasteiger partial charge in [-0.3, -0.25) is 0 Å². The van der Waals surface area contributed by atoms with Gasteiger partial charge >= 0.3 is 0 Å². The Labute approximate surface area is 142 Å². The molecule has 21 heavy (non-hydrogen) atoms. The Morgan fingerprint density at radius 2 is 0.952 bits per heavy atom.